The number of ether oxygens (including phenoxy) is 1. The third-order valence-corrected chi connectivity index (χ3v) is 5.79. The normalized spacial score (nSPS) is 14.1. The zero-order valence-corrected chi connectivity index (χ0v) is 16.2. The molecule has 1 amide bonds. The van der Waals surface area contributed by atoms with Crippen molar-refractivity contribution in [1.29, 1.82) is 0 Å². The van der Waals surface area contributed by atoms with E-state index in [-0.39, 0.29) is 21.5 Å². The Morgan fingerprint density at radius 1 is 1.27 bits per heavy atom. The summed E-state index contributed by atoms with van der Waals surface area (Å²) in [6.07, 6.45) is 4.49. The topological polar surface area (TPSA) is 102 Å². The summed E-state index contributed by atoms with van der Waals surface area (Å²) in [6, 6.07) is 3.77. The minimum atomic E-state index is -3.80. The van der Waals surface area contributed by atoms with Gasteiger partial charge in [-0.05, 0) is 37.5 Å². The van der Waals surface area contributed by atoms with Gasteiger partial charge >= 0.3 is 5.97 Å². The van der Waals surface area contributed by atoms with Gasteiger partial charge in [0.15, 0.2) is 6.61 Å². The average Bonchev–Trinajstić information content (AvgIpc) is 3.40. The van der Waals surface area contributed by atoms with Gasteiger partial charge < -0.3 is 10.1 Å². The van der Waals surface area contributed by atoms with E-state index in [1.165, 1.54) is 12.1 Å². The molecular weight excluding hydrogens is 380 g/mol. The lowest BCUT2D eigenvalue weighted by molar-refractivity contribution is -0.124. The standard InChI is InChI=1S/C17H23ClN2O5S/c1-2-3-4-9-19-16(21)11-25-17(22)12-5-8-14(18)15(10-12)26(23,24)20-13-6-7-13/h5,8,10,13,20H,2-4,6-7,9,11H2,1H3,(H,19,21). The summed E-state index contributed by atoms with van der Waals surface area (Å²) in [6.45, 7) is 2.17. The summed E-state index contributed by atoms with van der Waals surface area (Å²) >= 11 is 5.96. The molecule has 1 aromatic rings. The molecule has 0 bridgehead atoms. The lowest BCUT2D eigenvalue weighted by Gasteiger charge is -2.10. The van der Waals surface area contributed by atoms with Crippen molar-refractivity contribution >= 4 is 33.5 Å². The molecule has 2 N–H and O–H groups in total. The minimum Gasteiger partial charge on any atom is -0.452 e. The number of halogens is 1. The number of carbonyl (C=O) groups excluding carboxylic acids is 2. The van der Waals surface area contributed by atoms with Crippen molar-refractivity contribution < 1.29 is 22.7 Å². The molecule has 1 aromatic carbocycles. The molecule has 2 rings (SSSR count). The molecule has 0 heterocycles. The molecule has 0 unspecified atom stereocenters. The zero-order chi connectivity index (χ0) is 19.2. The van der Waals surface area contributed by atoms with Crippen LogP contribution in [-0.4, -0.2) is 39.5 Å². The molecule has 1 fully saturated rings. The highest BCUT2D eigenvalue weighted by atomic mass is 35.5. The van der Waals surface area contributed by atoms with Gasteiger partial charge in [0.05, 0.1) is 10.6 Å². The molecule has 0 aromatic heterocycles. The van der Waals surface area contributed by atoms with Crippen molar-refractivity contribution in [3.63, 3.8) is 0 Å². The zero-order valence-electron chi connectivity index (χ0n) is 14.6. The first-order chi connectivity index (χ1) is 12.3. The minimum absolute atomic E-state index is 0.0170. The van der Waals surface area contributed by atoms with Crippen LogP contribution in [0.2, 0.25) is 5.02 Å². The predicted molar refractivity (Wildman–Crippen MR) is 97.6 cm³/mol. The summed E-state index contributed by atoms with van der Waals surface area (Å²) < 4.78 is 32.1. The Morgan fingerprint density at radius 2 is 2.00 bits per heavy atom. The SMILES string of the molecule is CCCCCNC(=O)COC(=O)c1ccc(Cl)c(S(=O)(=O)NC2CC2)c1. The lowest BCUT2D eigenvalue weighted by Crippen LogP contribution is -2.29. The van der Waals surface area contributed by atoms with Crippen LogP contribution < -0.4 is 10.0 Å². The number of nitrogens with one attached hydrogen (secondary N) is 2. The fourth-order valence-corrected chi connectivity index (χ4v) is 4.02. The smallest absolute Gasteiger partial charge is 0.338 e. The van der Waals surface area contributed by atoms with Gasteiger partial charge in [0.1, 0.15) is 4.90 Å². The van der Waals surface area contributed by atoms with Gasteiger partial charge in [-0.15, -0.1) is 0 Å². The van der Waals surface area contributed by atoms with Crippen LogP contribution in [0.5, 0.6) is 0 Å². The predicted octanol–water partition coefficient (Wildman–Crippen LogP) is 2.24. The Morgan fingerprint density at radius 3 is 2.65 bits per heavy atom. The highest BCUT2D eigenvalue weighted by Gasteiger charge is 2.29. The summed E-state index contributed by atoms with van der Waals surface area (Å²) in [5.41, 5.74) is 0.0179. The van der Waals surface area contributed by atoms with Crippen LogP contribution >= 0.6 is 11.6 Å². The molecular formula is C17H23ClN2O5S. The van der Waals surface area contributed by atoms with Crippen LogP contribution in [-0.2, 0) is 19.6 Å². The van der Waals surface area contributed by atoms with E-state index in [1.807, 2.05) is 0 Å². The van der Waals surface area contributed by atoms with E-state index in [2.05, 4.69) is 17.0 Å². The van der Waals surface area contributed by atoms with E-state index in [9.17, 15) is 18.0 Å². The Hall–Kier alpha value is -1.64. The fraction of sp³-hybridized carbons (Fsp3) is 0.529. The maximum atomic E-state index is 12.3. The first kappa shape index (κ1) is 20.7. The summed E-state index contributed by atoms with van der Waals surface area (Å²) in [5, 5.41) is 2.67. The summed E-state index contributed by atoms with van der Waals surface area (Å²) in [5.74, 6) is -1.18. The van der Waals surface area contributed by atoms with Gasteiger partial charge in [0.2, 0.25) is 10.0 Å². The van der Waals surface area contributed by atoms with Crippen molar-refractivity contribution in [1.82, 2.24) is 10.0 Å². The van der Waals surface area contributed by atoms with Gasteiger partial charge in [-0.25, -0.2) is 17.9 Å². The fourth-order valence-electron chi connectivity index (χ4n) is 2.19. The molecule has 0 radical (unpaired) electrons. The van der Waals surface area contributed by atoms with Gasteiger partial charge in [-0.2, -0.15) is 0 Å². The van der Waals surface area contributed by atoms with Crippen molar-refractivity contribution in [3.05, 3.63) is 28.8 Å². The van der Waals surface area contributed by atoms with Gasteiger partial charge in [0, 0.05) is 12.6 Å². The first-order valence-corrected chi connectivity index (χ1v) is 10.5. The maximum absolute atomic E-state index is 12.3. The molecule has 26 heavy (non-hydrogen) atoms. The van der Waals surface area contributed by atoms with Gasteiger partial charge in [-0.1, -0.05) is 31.4 Å². The van der Waals surface area contributed by atoms with E-state index < -0.39 is 28.5 Å². The van der Waals surface area contributed by atoms with Crippen LogP contribution in [0.15, 0.2) is 23.1 Å². The number of carbonyl (C=O) groups is 2. The second-order valence-electron chi connectivity index (χ2n) is 6.17. The van der Waals surface area contributed by atoms with E-state index >= 15 is 0 Å². The monoisotopic (exact) mass is 402 g/mol. The molecule has 0 saturated heterocycles. The van der Waals surface area contributed by atoms with Crippen molar-refractivity contribution in [2.75, 3.05) is 13.2 Å². The third kappa shape index (κ3) is 6.26. The molecule has 1 aliphatic rings. The number of benzene rings is 1. The van der Waals surface area contributed by atoms with Crippen LogP contribution in [0.25, 0.3) is 0 Å². The van der Waals surface area contributed by atoms with Crippen LogP contribution in [0.1, 0.15) is 49.4 Å². The quantitative estimate of drug-likeness (QED) is 0.461. The van der Waals surface area contributed by atoms with Crippen molar-refractivity contribution in [3.8, 4) is 0 Å². The number of unbranched alkanes of at least 4 members (excludes halogenated alkanes) is 2. The number of amides is 1. The Kier molecular flexibility index (Phi) is 7.43. The number of hydrogen-bond donors (Lipinski definition) is 2. The van der Waals surface area contributed by atoms with Crippen LogP contribution in [0.4, 0.5) is 0 Å². The molecule has 0 spiro atoms. The average molecular weight is 403 g/mol. The molecule has 144 valence electrons. The van der Waals surface area contributed by atoms with Crippen molar-refractivity contribution in [2.24, 2.45) is 0 Å². The summed E-state index contributed by atoms with van der Waals surface area (Å²) in [4.78, 5) is 23.5. The number of hydrogen-bond acceptors (Lipinski definition) is 5. The number of sulfonamides is 1. The van der Waals surface area contributed by atoms with E-state index in [0.29, 0.717) is 6.54 Å². The first-order valence-electron chi connectivity index (χ1n) is 8.59. The second-order valence-corrected chi connectivity index (χ2v) is 8.26. The Balaban J connectivity index is 1.94. The van der Waals surface area contributed by atoms with E-state index in [0.717, 1.165) is 38.2 Å². The van der Waals surface area contributed by atoms with E-state index in [4.69, 9.17) is 16.3 Å². The second kappa shape index (κ2) is 9.34. The molecule has 1 aliphatic carbocycles. The third-order valence-electron chi connectivity index (χ3n) is 3.79. The molecule has 1 saturated carbocycles. The molecule has 0 aliphatic heterocycles. The summed E-state index contributed by atoms with van der Waals surface area (Å²) in [7, 11) is -3.80. The van der Waals surface area contributed by atoms with Crippen LogP contribution in [0.3, 0.4) is 0 Å². The molecule has 9 heteroatoms. The Labute approximate surface area is 158 Å². The van der Waals surface area contributed by atoms with E-state index in [1.54, 1.807) is 0 Å². The largest absolute Gasteiger partial charge is 0.452 e. The Bertz CT molecular complexity index is 762. The highest BCUT2D eigenvalue weighted by Crippen LogP contribution is 2.27. The molecule has 7 nitrogen and oxygen atoms in total. The van der Waals surface area contributed by atoms with Crippen molar-refractivity contribution in [2.45, 2.75) is 50.0 Å². The van der Waals surface area contributed by atoms with Gasteiger partial charge in [-0.3, -0.25) is 4.79 Å². The highest BCUT2D eigenvalue weighted by molar-refractivity contribution is 7.89. The maximum Gasteiger partial charge on any atom is 0.338 e. The number of rotatable bonds is 10. The number of esters is 1. The van der Waals surface area contributed by atoms with Crippen LogP contribution in [0, 0.1) is 0 Å². The van der Waals surface area contributed by atoms with Gasteiger partial charge in [0.25, 0.3) is 5.91 Å². The molecule has 0 atom stereocenters. The lowest BCUT2D eigenvalue weighted by atomic mass is 10.2.